The topological polar surface area (TPSA) is 52.6 Å². The van der Waals surface area contributed by atoms with Crippen molar-refractivity contribution in [2.24, 2.45) is 11.3 Å². The summed E-state index contributed by atoms with van der Waals surface area (Å²) in [4.78, 5) is 25.5. The monoisotopic (exact) mass is 374 g/mol. The summed E-state index contributed by atoms with van der Waals surface area (Å²) in [6.45, 7) is 0. The van der Waals surface area contributed by atoms with E-state index in [1.165, 1.54) is 14.2 Å². The molecule has 1 atom stereocenters. The van der Waals surface area contributed by atoms with Gasteiger partial charge in [-0.05, 0) is 23.3 Å². The van der Waals surface area contributed by atoms with Crippen LogP contribution in [0.4, 0.5) is 0 Å². The fourth-order valence-corrected chi connectivity index (χ4v) is 3.59. The summed E-state index contributed by atoms with van der Waals surface area (Å²) in [6.07, 6.45) is 8.02. The van der Waals surface area contributed by atoms with Gasteiger partial charge < -0.3 is 9.47 Å². The van der Waals surface area contributed by atoms with Crippen molar-refractivity contribution in [2.75, 3.05) is 14.2 Å². The van der Waals surface area contributed by atoms with Crippen LogP contribution < -0.4 is 0 Å². The Morgan fingerprint density at radius 3 is 2.43 bits per heavy atom. The number of allylic oxidation sites excluding steroid dienone is 4. The van der Waals surface area contributed by atoms with Crippen molar-refractivity contribution in [3.63, 3.8) is 0 Å². The normalized spacial score (nSPS) is 15.6. The van der Waals surface area contributed by atoms with Gasteiger partial charge >= 0.3 is 11.9 Å². The van der Waals surface area contributed by atoms with Crippen LogP contribution >= 0.6 is 0 Å². The van der Waals surface area contributed by atoms with E-state index in [1.807, 2.05) is 66.8 Å². The molecule has 0 N–H and O–H groups in total. The molecule has 0 fully saturated rings. The summed E-state index contributed by atoms with van der Waals surface area (Å²) in [5.41, 5.74) is -0.650. The number of ether oxygens (including phenoxy) is 2. The first-order valence-corrected chi connectivity index (χ1v) is 9.10. The fourth-order valence-electron chi connectivity index (χ4n) is 3.59. The van der Waals surface area contributed by atoms with Crippen molar-refractivity contribution in [3.8, 4) is 11.8 Å². The maximum Gasteiger partial charge on any atom is 0.324 e. The third kappa shape index (κ3) is 3.57. The zero-order valence-electron chi connectivity index (χ0n) is 16.0. The van der Waals surface area contributed by atoms with E-state index in [1.54, 1.807) is 0 Å². The molecule has 4 heteroatoms. The van der Waals surface area contributed by atoms with E-state index in [9.17, 15) is 9.59 Å². The lowest BCUT2D eigenvalue weighted by Gasteiger charge is -2.33. The van der Waals surface area contributed by atoms with Gasteiger partial charge in [-0.2, -0.15) is 0 Å². The van der Waals surface area contributed by atoms with Gasteiger partial charge in [0.05, 0.1) is 14.2 Å². The van der Waals surface area contributed by atoms with Crippen molar-refractivity contribution in [1.82, 2.24) is 0 Å². The van der Waals surface area contributed by atoms with Gasteiger partial charge in [-0.25, -0.2) is 0 Å². The second-order valence-corrected chi connectivity index (χ2v) is 6.62. The van der Waals surface area contributed by atoms with Crippen molar-refractivity contribution < 1.29 is 19.1 Å². The maximum absolute atomic E-state index is 12.7. The minimum Gasteiger partial charge on any atom is -0.468 e. The molecule has 28 heavy (non-hydrogen) atoms. The van der Waals surface area contributed by atoms with Gasteiger partial charge in [-0.3, -0.25) is 9.59 Å². The number of rotatable bonds is 4. The van der Waals surface area contributed by atoms with E-state index in [-0.39, 0.29) is 12.3 Å². The molecule has 0 aliphatic heterocycles. The number of carbonyl (C=O) groups excluding carboxylic acids is 2. The van der Waals surface area contributed by atoms with Crippen LogP contribution in [0.15, 0.2) is 66.8 Å². The van der Waals surface area contributed by atoms with Crippen LogP contribution in [0.25, 0.3) is 10.8 Å². The fraction of sp³-hybridized carbons (Fsp3) is 0.250. The van der Waals surface area contributed by atoms with Crippen molar-refractivity contribution in [1.29, 1.82) is 0 Å². The number of carbonyl (C=O) groups is 2. The Kier molecular flexibility index (Phi) is 5.96. The third-order valence-corrected chi connectivity index (χ3v) is 5.09. The molecule has 1 unspecified atom stereocenters. The van der Waals surface area contributed by atoms with Crippen LogP contribution in [0.2, 0.25) is 0 Å². The zero-order valence-corrected chi connectivity index (χ0v) is 16.0. The van der Waals surface area contributed by atoms with Crippen LogP contribution in [-0.4, -0.2) is 26.2 Å². The summed E-state index contributed by atoms with van der Waals surface area (Å²) in [6, 6.07) is 13.8. The highest BCUT2D eigenvalue weighted by Gasteiger charge is 2.53. The molecule has 0 saturated heterocycles. The van der Waals surface area contributed by atoms with Gasteiger partial charge in [-0.15, -0.1) is 0 Å². The van der Waals surface area contributed by atoms with E-state index < -0.39 is 17.4 Å². The molecule has 4 nitrogen and oxygen atoms in total. The number of benzene rings is 2. The molecule has 2 aromatic carbocycles. The predicted molar refractivity (Wildman–Crippen MR) is 108 cm³/mol. The Hall–Kier alpha value is -3.32. The smallest absolute Gasteiger partial charge is 0.324 e. The van der Waals surface area contributed by atoms with Gasteiger partial charge in [0.1, 0.15) is 0 Å². The second-order valence-electron chi connectivity index (χ2n) is 6.62. The summed E-state index contributed by atoms with van der Waals surface area (Å²) in [7, 11) is 2.56. The first kappa shape index (κ1) is 19.4. The molecule has 0 radical (unpaired) electrons. The minimum atomic E-state index is -1.50. The molecule has 2 aromatic rings. The zero-order chi connectivity index (χ0) is 20.0. The van der Waals surface area contributed by atoms with Crippen molar-refractivity contribution in [2.45, 2.75) is 12.8 Å². The lowest BCUT2D eigenvalue weighted by Crippen LogP contribution is -2.46. The van der Waals surface area contributed by atoms with E-state index in [4.69, 9.17) is 9.47 Å². The molecule has 0 saturated carbocycles. The van der Waals surface area contributed by atoms with Gasteiger partial charge in [0.2, 0.25) is 0 Å². The quantitative estimate of drug-likeness (QED) is 0.460. The molecule has 0 amide bonds. The van der Waals surface area contributed by atoms with E-state index in [0.29, 0.717) is 6.42 Å². The number of hydrogen-bond acceptors (Lipinski definition) is 4. The Bertz CT molecular complexity index is 983. The predicted octanol–water partition coefficient (Wildman–Crippen LogP) is 4.05. The van der Waals surface area contributed by atoms with Gasteiger partial charge in [0.15, 0.2) is 5.41 Å². The van der Waals surface area contributed by atoms with Crippen LogP contribution in [0.3, 0.4) is 0 Å². The average molecular weight is 374 g/mol. The largest absolute Gasteiger partial charge is 0.468 e. The lowest BCUT2D eigenvalue weighted by molar-refractivity contribution is -0.172. The van der Waals surface area contributed by atoms with Crippen LogP contribution in [0.5, 0.6) is 0 Å². The van der Waals surface area contributed by atoms with E-state index in [2.05, 4.69) is 11.8 Å². The number of esters is 2. The number of fused-ring (bicyclic) bond motifs is 1. The summed E-state index contributed by atoms with van der Waals surface area (Å²) in [5, 5.41) is 2.11. The van der Waals surface area contributed by atoms with Gasteiger partial charge in [-0.1, -0.05) is 72.5 Å². The van der Waals surface area contributed by atoms with Crippen LogP contribution in [0.1, 0.15) is 18.4 Å². The van der Waals surface area contributed by atoms with E-state index >= 15 is 0 Å². The minimum absolute atomic E-state index is 0.0123. The van der Waals surface area contributed by atoms with Crippen LogP contribution in [-0.2, 0) is 19.1 Å². The second kappa shape index (κ2) is 8.58. The van der Waals surface area contributed by atoms with Crippen molar-refractivity contribution in [3.05, 3.63) is 72.3 Å². The first-order chi connectivity index (χ1) is 13.6. The Morgan fingerprint density at radius 2 is 1.75 bits per heavy atom. The SMILES string of the molecule is COC(=O)C(CC#Cc1cccc2ccccc12)(C(=O)OC)C1C=CC=CC1. The molecule has 0 aromatic heterocycles. The molecular weight excluding hydrogens is 352 g/mol. The Labute approximate surface area is 164 Å². The molecule has 0 bridgehead atoms. The summed E-state index contributed by atoms with van der Waals surface area (Å²) < 4.78 is 10.00. The summed E-state index contributed by atoms with van der Waals surface area (Å²) in [5.74, 6) is 4.55. The first-order valence-electron chi connectivity index (χ1n) is 9.10. The molecule has 1 aliphatic rings. The van der Waals surface area contributed by atoms with Gasteiger partial charge in [0.25, 0.3) is 0 Å². The van der Waals surface area contributed by atoms with Crippen LogP contribution in [0, 0.1) is 23.2 Å². The standard InChI is InChI=1S/C24H22O4/c1-27-22(25)24(23(26)28-2,20-14-4-3-5-15-20)17-9-13-19-12-8-11-18-10-6-7-16-21(18)19/h3-8,10-12,14,16,20H,15,17H2,1-2H3. The number of hydrogen-bond donors (Lipinski definition) is 0. The average Bonchev–Trinajstić information content (AvgIpc) is 2.76. The van der Waals surface area contributed by atoms with E-state index in [0.717, 1.165) is 16.3 Å². The molecule has 142 valence electrons. The molecular formula is C24H22O4. The molecule has 0 heterocycles. The third-order valence-electron chi connectivity index (χ3n) is 5.09. The summed E-state index contributed by atoms with van der Waals surface area (Å²) >= 11 is 0. The molecule has 0 spiro atoms. The molecule has 3 rings (SSSR count). The highest BCUT2D eigenvalue weighted by molar-refractivity contribution is 6.01. The van der Waals surface area contributed by atoms with Crippen molar-refractivity contribution >= 4 is 22.7 Å². The lowest BCUT2D eigenvalue weighted by atomic mass is 9.70. The highest BCUT2D eigenvalue weighted by atomic mass is 16.5. The number of methoxy groups -OCH3 is 2. The molecule has 1 aliphatic carbocycles. The highest BCUT2D eigenvalue weighted by Crippen LogP contribution is 2.39. The Morgan fingerprint density at radius 1 is 1.04 bits per heavy atom. The van der Waals surface area contributed by atoms with Gasteiger partial charge in [0, 0.05) is 17.9 Å². The Balaban J connectivity index is 2.02. The maximum atomic E-state index is 12.7.